The number of nitrogens with zero attached hydrogens (tertiary/aromatic N) is 1. The van der Waals surface area contributed by atoms with Crippen LogP contribution in [0.5, 0.6) is 0 Å². The van der Waals surface area contributed by atoms with Crippen molar-refractivity contribution in [3.05, 3.63) is 24.2 Å². The molecule has 3 rings (SSSR count). The first-order valence-corrected chi connectivity index (χ1v) is 5.32. The van der Waals surface area contributed by atoms with Crippen molar-refractivity contribution in [2.45, 2.75) is 13.0 Å². The van der Waals surface area contributed by atoms with Crippen LogP contribution in [-0.2, 0) is 6.54 Å². The fourth-order valence-corrected chi connectivity index (χ4v) is 2.55. The Morgan fingerprint density at radius 3 is 3.00 bits per heavy atom. The van der Waals surface area contributed by atoms with E-state index in [4.69, 9.17) is 4.42 Å². The standard InChI is InChI=1S/C11H16N2O/c1-2-10(14-5-1)6-13-4-3-11(9-13)7-12-8-11/h1-2,5,12H,3-4,6-9H2. The third-order valence-corrected chi connectivity index (χ3v) is 3.48. The molecule has 3 nitrogen and oxygen atoms in total. The zero-order valence-corrected chi connectivity index (χ0v) is 8.33. The van der Waals surface area contributed by atoms with E-state index >= 15 is 0 Å². The molecule has 2 aliphatic heterocycles. The molecule has 0 atom stereocenters. The molecule has 3 heterocycles. The van der Waals surface area contributed by atoms with Gasteiger partial charge in [0.1, 0.15) is 5.76 Å². The van der Waals surface area contributed by atoms with E-state index < -0.39 is 0 Å². The summed E-state index contributed by atoms with van der Waals surface area (Å²) in [4.78, 5) is 2.50. The van der Waals surface area contributed by atoms with E-state index in [1.807, 2.05) is 6.07 Å². The van der Waals surface area contributed by atoms with Gasteiger partial charge in [0.05, 0.1) is 12.8 Å². The van der Waals surface area contributed by atoms with Gasteiger partial charge < -0.3 is 9.73 Å². The Kier molecular flexibility index (Phi) is 1.89. The van der Waals surface area contributed by atoms with Gasteiger partial charge in [-0.05, 0) is 25.1 Å². The Hall–Kier alpha value is -0.800. The highest BCUT2D eigenvalue weighted by Crippen LogP contribution is 2.34. The maximum absolute atomic E-state index is 5.36. The summed E-state index contributed by atoms with van der Waals surface area (Å²) in [6, 6.07) is 4.02. The molecule has 1 aromatic rings. The van der Waals surface area contributed by atoms with Crippen molar-refractivity contribution in [3.63, 3.8) is 0 Å². The predicted molar refractivity (Wildman–Crippen MR) is 53.9 cm³/mol. The quantitative estimate of drug-likeness (QED) is 0.760. The number of nitrogens with one attached hydrogen (secondary N) is 1. The maximum atomic E-state index is 5.36. The van der Waals surface area contributed by atoms with Crippen LogP contribution in [0.1, 0.15) is 12.2 Å². The largest absolute Gasteiger partial charge is 0.468 e. The molecule has 1 aromatic heterocycles. The van der Waals surface area contributed by atoms with Gasteiger partial charge in [-0.3, -0.25) is 4.90 Å². The normalized spacial score (nSPS) is 25.4. The zero-order valence-electron chi connectivity index (χ0n) is 8.33. The van der Waals surface area contributed by atoms with Crippen molar-refractivity contribution in [2.24, 2.45) is 5.41 Å². The van der Waals surface area contributed by atoms with Crippen LogP contribution in [0, 0.1) is 5.41 Å². The van der Waals surface area contributed by atoms with Crippen LogP contribution in [0.3, 0.4) is 0 Å². The molecule has 1 N–H and O–H groups in total. The second kappa shape index (κ2) is 3.11. The first-order valence-electron chi connectivity index (χ1n) is 5.32. The molecule has 0 bridgehead atoms. The summed E-state index contributed by atoms with van der Waals surface area (Å²) in [6.45, 7) is 5.86. The van der Waals surface area contributed by atoms with E-state index in [1.54, 1.807) is 6.26 Å². The van der Waals surface area contributed by atoms with Gasteiger partial charge >= 0.3 is 0 Å². The summed E-state index contributed by atoms with van der Waals surface area (Å²) in [5.41, 5.74) is 0.604. The summed E-state index contributed by atoms with van der Waals surface area (Å²) in [7, 11) is 0. The monoisotopic (exact) mass is 192 g/mol. The molecule has 2 aliphatic rings. The van der Waals surface area contributed by atoms with Gasteiger partial charge in [-0.1, -0.05) is 0 Å². The molecule has 1 spiro atoms. The first kappa shape index (κ1) is 8.50. The summed E-state index contributed by atoms with van der Waals surface area (Å²) in [5.74, 6) is 1.09. The third-order valence-electron chi connectivity index (χ3n) is 3.48. The fraction of sp³-hybridized carbons (Fsp3) is 0.636. The van der Waals surface area contributed by atoms with E-state index in [0.29, 0.717) is 5.41 Å². The minimum atomic E-state index is 0.604. The molecule has 2 fully saturated rings. The average Bonchev–Trinajstić information content (AvgIpc) is 2.72. The van der Waals surface area contributed by atoms with E-state index in [-0.39, 0.29) is 0 Å². The molecule has 0 saturated carbocycles. The molecule has 0 amide bonds. The van der Waals surface area contributed by atoms with Crippen LogP contribution in [0.15, 0.2) is 22.8 Å². The molecule has 3 heteroatoms. The molecule has 0 radical (unpaired) electrons. The molecule has 0 aromatic carbocycles. The number of rotatable bonds is 2. The van der Waals surface area contributed by atoms with Crippen LogP contribution in [0.2, 0.25) is 0 Å². The Bertz CT molecular complexity index is 303. The smallest absolute Gasteiger partial charge is 0.117 e. The lowest BCUT2D eigenvalue weighted by atomic mass is 9.81. The molecule has 14 heavy (non-hydrogen) atoms. The molecule has 0 aliphatic carbocycles. The summed E-state index contributed by atoms with van der Waals surface area (Å²) in [5, 5.41) is 3.37. The van der Waals surface area contributed by atoms with Gasteiger partial charge in [0.25, 0.3) is 0 Å². The Morgan fingerprint density at radius 2 is 2.43 bits per heavy atom. The Balaban J connectivity index is 1.60. The summed E-state index contributed by atoms with van der Waals surface area (Å²) >= 11 is 0. The van der Waals surface area contributed by atoms with E-state index in [0.717, 1.165) is 12.3 Å². The molecule has 0 unspecified atom stereocenters. The van der Waals surface area contributed by atoms with Gasteiger partial charge in [-0.2, -0.15) is 0 Å². The molecular formula is C11H16N2O. The third kappa shape index (κ3) is 1.37. The highest BCUT2D eigenvalue weighted by Gasteiger charge is 2.42. The van der Waals surface area contributed by atoms with Crippen LogP contribution in [0.4, 0.5) is 0 Å². The molecule has 76 valence electrons. The molecule has 2 saturated heterocycles. The average molecular weight is 192 g/mol. The lowest BCUT2D eigenvalue weighted by molar-refractivity contribution is 0.163. The van der Waals surface area contributed by atoms with Crippen molar-refractivity contribution >= 4 is 0 Å². The van der Waals surface area contributed by atoms with Crippen molar-refractivity contribution in [3.8, 4) is 0 Å². The van der Waals surface area contributed by atoms with Crippen molar-refractivity contribution < 1.29 is 4.42 Å². The zero-order chi connectivity index (χ0) is 9.43. The van der Waals surface area contributed by atoms with E-state index in [2.05, 4.69) is 16.3 Å². The second-order valence-corrected chi connectivity index (χ2v) is 4.64. The number of hydrogen-bond donors (Lipinski definition) is 1. The lowest BCUT2D eigenvalue weighted by Gasteiger charge is -2.39. The number of hydrogen-bond acceptors (Lipinski definition) is 3. The van der Waals surface area contributed by atoms with Gasteiger partial charge in [0, 0.05) is 25.0 Å². The van der Waals surface area contributed by atoms with E-state index in [9.17, 15) is 0 Å². The maximum Gasteiger partial charge on any atom is 0.117 e. The van der Waals surface area contributed by atoms with Crippen LogP contribution >= 0.6 is 0 Å². The summed E-state index contributed by atoms with van der Waals surface area (Å²) in [6.07, 6.45) is 3.10. The van der Waals surface area contributed by atoms with Crippen molar-refractivity contribution in [2.75, 3.05) is 26.2 Å². The lowest BCUT2D eigenvalue weighted by Crippen LogP contribution is -2.54. The predicted octanol–water partition coefficient (Wildman–Crippen LogP) is 1.07. The highest BCUT2D eigenvalue weighted by molar-refractivity contribution is 5.03. The number of likely N-dealkylation sites (tertiary alicyclic amines) is 1. The van der Waals surface area contributed by atoms with Crippen molar-refractivity contribution in [1.82, 2.24) is 10.2 Å². The molecular weight excluding hydrogens is 176 g/mol. The minimum Gasteiger partial charge on any atom is -0.468 e. The topological polar surface area (TPSA) is 28.4 Å². The van der Waals surface area contributed by atoms with Gasteiger partial charge in [0.15, 0.2) is 0 Å². The highest BCUT2D eigenvalue weighted by atomic mass is 16.3. The van der Waals surface area contributed by atoms with Crippen LogP contribution in [0.25, 0.3) is 0 Å². The van der Waals surface area contributed by atoms with Crippen LogP contribution in [-0.4, -0.2) is 31.1 Å². The Labute approximate surface area is 84.1 Å². The second-order valence-electron chi connectivity index (χ2n) is 4.64. The van der Waals surface area contributed by atoms with Crippen LogP contribution < -0.4 is 5.32 Å². The van der Waals surface area contributed by atoms with Gasteiger partial charge in [-0.15, -0.1) is 0 Å². The summed E-state index contributed by atoms with van der Waals surface area (Å²) < 4.78 is 5.36. The fourth-order valence-electron chi connectivity index (χ4n) is 2.55. The van der Waals surface area contributed by atoms with Gasteiger partial charge in [-0.25, -0.2) is 0 Å². The number of furan rings is 1. The Morgan fingerprint density at radius 1 is 1.50 bits per heavy atom. The SMILES string of the molecule is c1coc(CN2CCC3(CNC3)C2)c1. The van der Waals surface area contributed by atoms with Gasteiger partial charge in [0.2, 0.25) is 0 Å². The minimum absolute atomic E-state index is 0.604. The van der Waals surface area contributed by atoms with Crippen molar-refractivity contribution in [1.29, 1.82) is 0 Å². The van der Waals surface area contributed by atoms with E-state index in [1.165, 1.54) is 32.6 Å². The first-order chi connectivity index (χ1) is 6.86.